The highest BCUT2D eigenvalue weighted by Crippen LogP contribution is 2.24. The smallest absolute Gasteiger partial charge is 0.162 e. The van der Waals surface area contributed by atoms with Crippen LogP contribution in [0.3, 0.4) is 0 Å². The van der Waals surface area contributed by atoms with E-state index in [-0.39, 0.29) is 17.3 Å². The molecule has 0 N–H and O–H groups in total. The normalized spacial score (nSPS) is 11.8. The van der Waals surface area contributed by atoms with Crippen molar-refractivity contribution in [2.24, 2.45) is 0 Å². The van der Waals surface area contributed by atoms with Gasteiger partial charge in [0, 0.05) is 23.7 Å². The van der Waals surface area contributed by atoms with Crippen molar-refractivity contribution in [3.8, 4) is 11.3 Å². The van der Waals surface area contributed by atoms with Gasteiger partial charge in [0.2, 0.25) is 0 Å². The van der Waals surface area contributed by atoms with E-state index >= 15 is 0 Å². The number of aromatic nitrogens is 4. The number of benzene rings is 1. The van der Waals surface area contributed by atoms with Gasteiger partial charge in [-0.25, -0.2) is 17.8 Å². The van der Waals surface area contributed by atoms with Crippen molar-refractivity contribution in [1.29, 1.82) is 0 Å². The molecule has 0 bridgehead atoms. The lowest BCUT2D eigenvalue weighted by Gasteiger charge is -1.99. The van der Waals surface area contributed by atoms with Crippen LogP contribution < -0.4 is 0 Å². The summed E-state index contributed by atoms with van der Waals surface area (Å²) in [5, 5.41) is 9.96. The van der Waals surface area contributed by atoms with Crippen molar-refractivity contribution in [2.45, 2.75) is 25.0 Å². The second-order valence-electron chi connectivity index (χ2n) is 5.23. The summed E-state index contributed by atoms with van der Waals surface area (Å²) in [6, 6.07) is 5.93. The lowest BCUT2D eigenvalue weighted by atomic mass is 10.2. The molecule has 0 amide bonds. The minimum absolute atomic E-state index is 0.155. The molecule has 126 valence electrons. The topological polar surface area (TPSA) is 77.7 Å². The molecule has 2 heterocycles. The molecule has 2 aromatic heterocycles. The molecule has 0 aliphatic heterocycles. The Hall–Kier alpha value is -2.13. The molecule has 0 aliphatic carbocycles. The third-order valence-electron chi connectivity index (χ3n) is 3.31. The molecule has 0 radical (unpaired) electrons. The Balaban J connectivity index is 1.72. The van der Waals surface area contributed by atoms with Crippen molar-refractivity contribution in [3.05, 3.63) is 52.4 Å². The third kappa shape index (κ3) is 4.04. The van der Waals surface area contributed by atoms with E-state index in [1.165, 1.54) is 23.5 Å². The fourth-order valence-electron chi connectivity index (χ4n) is 2.15. The maximum absolute atomic E-state index is 13.0. The summed E-state index contributed by atoms with van der Waals surface area (Å²) in [5.41, 5.74) is 1.82. The largest absolute Gasteiger partial charge is 0.253 e. The van der Waals surface area contributed by atoms with E-state index in [1.807, 2.05) is 6.92 Å². The number of hydrogen-bond donors (Lipinski definition) is 0. The maximum atomic E-state index is 13.0. The number of thiazole rings is 1. The Bertz CT molecular complexity index is 933. The zero-order valence-corrected chi connectivity index (χ0v) is 14.5. The molecular weight excluding hydrogens is 351 g/mol. The lowest BCUT2D eigenvalue weighted by Crippen LogP contribution is -2.08. The number of halogens is 1. The first-order valence-corrected chi connectivity index (χ1v) is 9.95. The standard InChI is InChI=1S/C15H15FN4O2S2/c1-2-20-7-13(18-19-20)9-24(21,22)10-15-17-14(8-23-15)11-3-5-12(16)6-4-11/h3-8H,2,9-10H2,1H3. The van der Waals surface area contributed by atoms with Crippen molar-refractivity contribution < 1.29 is 12.8 Å². The van der Waals surface area contributed by atoms with Crippen LogP contribution in [-0.2, 0) is 27.9 Å². The first-order chi connectivity index (χ1) is 11.4. The molecule has 6 nitrogen and oxygen atoms in total. The lowest BCUT2D eigenvalue weighted by molar-refractivity contribution is 0.593. The summed E-state index contributed by atoms with van der Waals surface area (Å²) in [6.45, 7) is 2.54. The predicted molar refractivity (Wildman–Crippen MR) is 89.5 cm³/mol. The third-order valence-corrected chi connectivity index (χ3v) is 5.79. The highest BCUT2D eigenvalue weighted by molar-refractivity contribution is 7.89. The van der Waals surface area contributed by atoms with Crippen LogP contribution in [0.5, 0.6) is 0 Å². The average Bonchev–Trinajstić information content (AvgIpc) is 3.16. The molecule has 24 heavy (non-hydrogen) atoms. The van der Waals surface area contributed by atoms with Crippen molar-refractivity contribution >= 4 is 21.2 Å². The fourth-order valence-corrected chi connectivity index (χ4v) is 4.68. The van der Waals surface area contributed by atoms with Crippen LogP contribution in [0.25, 0.3) is 11.3 Å². The molecule has 0 atom stereocenters. The summed E-state index contributed by atoms with van der Waals surface area (Å²) in [4.78, 5) is 4.33. The maximum Gasteiger partial charge on any atom is 0.162 e. The van der Waals surface area contributed by atoms with Gasteiger partial charge < -0.3 is 0 Å². The summed E-state index contributed by atoms with van der Waals surface area (Å²) >= 11 is 1.27. The highest BCUT2D eigenvalue weighted by Gasteiger charge is 2.18. The molecular formula is C15H15FN4O2S2. The number of aryl methyl sites for hydroxylation is 1. The number of rotatable bonds is 6. The van der Waals surface area contributed by atoms with Crippen molar-refractivity contribution in [2.75, 3.05) is 0 Å². The average molecular weight is 366 g/mol. The van der Waals surface area contributed by atoms with Crippen LogP contribution in [0.2, 0.25) is 0 Å². The Kier molecular flexibility index (Phi) is 4.72. The molecule has 0 saturated carbocycles. The zero-order chi connectivity index (χ0) is 17.2. The van der Waals surface area contributed by atoms with Gasteiger partial charge in [0.15, 0.2) is 9.84 Å². The monoisotopic (exact) mass is 366 g/mol. The van der Waals surface area contributed by atoms with E-state index in [1.54, 1.807) is 28.4 Å². The molecule has 0 aliphatic rings. The Labute approximate surface area is 142 Å². The van der Waals surface area contributed by atoms with E-state index in [0.29, 0.717) is 22.9 Å². The van der Waals surface area contributed by atoms with Crippen LogP contribution in [0.4, 0.5) is 4.39 Å². The fraction of sp³-hybridized carbons (Fsp3) is 0.267. The number of sulfone groups is 1. The summed E-state index contributed by atoms with van der Waals surface area (Å²) in [6.07, 6.45) is 1.63. The van der Waals surface area contributed by atoms with E-state index in [9.17, 15) is 12.8 Å². The van der Waals surface area contributed by atoms with E-state index < -0.39 is 9.84 Å². The SMILES string of the molecule is CCn1cc(CS(=O)(=O)Cc2nc(-c3ccc(F)cc3)cs2)nn1. The first kappa shape index (κ1) is 16.7. The minimum Gasteiger partial charge on any atom is -0.253 e. The van der Waals surface area contributed by atoms with Crippen LogP contribution in [0.1, 0.15) is 17.6 Å². The van der Waals surface area contributed by atoms with Gasteiger partial charge in [-0.1, -0.05) is 5.21 Å². The molecule has 0 fully saturated rings. The van der Waals surface area contributed by atoms with Crippen LogP contribution in [0, 0.1) is 5.82 Å². The molecule has 0 saturated heterocycles. The summed E-state index contributed by atoms with van der Waals surface area (Å²) in [7, 11) is -3.39. The minimum atomic E-state index is -3.39. The molecule has 1 aromatic carbocycles. The van der Waals surface area contributed by atoms with Gasteiger partial charge in [0.1, 0.15) is 16.6 Å². The van der Waals surface area contributed by atoms with Gasteiger partial charge in [-0.15, -0.1) is 16.4 Å². The van der Waals surface area contributed by atoms with E-state index in [0.717, 1.165) is 5.56 Å². The van der Waals surface area contributed by atoms with Crippen LogP contribution >= 0.6 is 11.3 Å². The quantitative estimate of drug-likeness (QED) is 0.670. The highest BCUT2D eigenvalue weighted by atomic mass is 32.2. The van der Waals surface area contributed by atoms with Crippen LogP contribution in [0.15, 0.2) is 35.8 Å². The molecule has 3 aromatic rings. The van der Waals surface area contributed by atoms with Gasteiger partial charge in [0.25, 0.3) is 0 Å². The second-order valence-corrected chi connectivity index (χ2v) is 8.24. The van der Waals surface area contributed by atoms with Gasteiger partial charge >= 0.3 is 0 Å². The van der Waals surface area contributed by atoms with Crippen molar-refractivity contribution in [1.82, 2.24) is 20.0 Å². The second kappa shape index (κ2) is 6.78. The van der Waals surface area contributed by atoms with Gasteiger partial charge in [0.05, 0.1) is 17.1 Å². The van der Waals surface area contributed by atoms with Gasteiger partial charge in [-0.05, 0) is 31.2 Å². The Morgan fingerprint density at radius 3 is 2.62 bits per heavy atom. The number of nitrogens with zero attached hydrogens (tertiary/aromatic N) is 4. The Morgan fingerprint density at radius 2 is 1.96 bits per heavy atom. The molecule has 9 heteroatoms. The molecule has 0 spiro atoms. The predicted octanol–water partition coefficient (Wildman–Crippen LogP) is 2.68. The van der Waals surface area contributed by atoms with Gasteiger partial charge in [-0.3, -0.25) is 4.68 Å². The first-order valence-electron chi connectivity index (χ1n) is 7.25. The van der Waals surface area contributed by atoms with Gasteiger partial charge in [-0.2, -0.15) is 0 Å². The summed E-state index contributed by atoms with van der Waals surface area (Å²) < 4.78 is 39.1. The molecule has 0 unspecified atom stereocenters. The van der Waals surface area contributed by atoms with Crippen molar-refractivity contribution in [3.63, 3.8) is 0 Å². The summed E-state index contributed by atoms with van der Waals surface area (Å²) in [5.74, 6) is -0.645. The van der Waals surface area contributed by atoms with E-state index in [2.05, 4.69) is 15.3 Å². The Morgan fingerprint density at radius 1 is 1.21 bits per heavy atom. The number of hydrogen-bond acceptors (Lipinski definition) is 6. The van der Waals surface area contributed by atoms with E-state index in [4.69, 9.17) is 0 Å². The molecule has 3 rings (SSSR count). The van der Waals surface area contributed by atoms with Crippen LogP contribution in [-0.4, -0.2) is 28.4 Å². The zero-order valence-electron chi connectivity index (χ0n) is 12.9.